The fraction of sp³-hybridized carbons (Fsp3) is 0.650. The van der Waals surface area contributed by atoms with Gasteiger partial charge in [-0.25, -0.2) is 0 Å². The van der Waals surface area contributed by atoms with Crippen LogP contribution in [0.5, 0.6) is 0 Å². The zero-order valence-electron chi connectivity index (χ0n) is 13.7. The van der Waals surface area contributed by atoms with E-state index in [0.29, 0.717) is 0 Å². The summed E-state index contributed by atoms with van der Waals surface area (Å²) in [5.74, 6) is 1.78. The van der Waals surface area contributed by atoms with E-state index in [1.165, 1.54) is 76.2 Å². The number of benzene rings is 1. The van der Waals surface area contributed by atoms with Gasteiger partial charge in [-0.1, -0.05) is 95.5 Å². The van der Waals surface area contributed by atoms with Crippen molar-refractivity contribution in [3.8, 4) is 0 Å². The van der Waals surface area contributed by atoms with Crippen molar-refractivity contribution in [2.45, 2.75) is 84.5 Å². The number of hydrogen-bond donors (Lipinski definition) is 0. The fourth-order valence-electron chi connectivity index (χ4n) is 2.79. The molecule has 1 rings (SSSR count). The van der Waals surface area contributed by atoms with Crippen molar-refractivity contribution >= 4 is 0 Å². The van der Waals surface area contributed by atoms with Crippen molar-refractivity contribution in [3.63, 3.8) is 0 Å². The van der Waals surface area contributed by atoms with Crippen molar-refractivity contribution < 1.29 is 0 Å². The summed E-state index contributed by atoms with van der Waals surface area (Å²) >= 11 is 0. The lowest BCUT2D eigenvalue weighted by Crippen LogP contribution is -2.03. The minimum atomic E-state index is 1.21. The van der Waals surface area contributed by atoms with Crippen molar-refractivity contribution in [2.24, 2.45) is 0 Å². The highest BCUT2D eigenvalue weighted by molar-refractivity contribution is 5.19. The summed E-state index contributed by atoms with van der Waals surface area (Å²) in [5.41, 5.74) is 1.49. The lowest BCUT2D eigenvalue weighted by atomic mass is 9.89. The van der Waals surface area contributed by atoms with Crippen LogP contribution in [0.1, 0.15) is 83.6 Å². The van der Waals surface area contributed by atoms with Crippen molar-refractivity contribution in [1.29, 1.82) is 0 Å². The third kappa shape index (κ3) is 8.40. The molecule has 0 aliphatic carbocycles. The van der Waals surface area contributed by atoms with E-state index in [4.69, 9.17) is 0 Å². The van der Waals surface area contributed by atoms with E-state index in [-0.39, 0.29) is 0 Å². The highest BCUT2D eigenvalue weighted by Crippen LogP contribution is 2.24. The molecule has 0 heterocycles. The van der Waals surface area contributed by atoms with Crippen LogP contribution in [-0.4, -0.2) is 0 Å². The second-order valence-electron chi connectivity index (χ2n) is 6.03. The first-order valence-corrected chi connectivity index (χ1v) is 8.74. The summed E-state index contributed by atoms with van der Waals surface area (Å²) < 4.78 is 0. The highest BCUT2D eigenvalue weighted by atomic mass is 14.1. The Labute approximate surface area is 127 Å². The zero-order chi connectivity index (χ0) is 14.5. The second-order valence-corrected chi connectivity index (χ2v) is 6.03. The first-order chi connectivity index (χ1) is 9.86. The van der Waals surface area contributed by atoms with E-state index in [0.717, 1.165) is 0 Å². The van der Waals surface area contributed by atoms with Gasteiger partial charge < -0.3 is 0 Å². The van der Waals surface area contributed by atoms with Crippen LogP contribution in [-0.2, 0) is 6.42 Å². The Bertz CT molecular complexity index is 289. The van der Waals surface area contributed by atoms with E-state index in [2.05, 4.69) is 44.2 Å². The SMILES string of the molecule is CCCCCC[C](CCCCCC)Cc1ccccc1. The molecule has 1 radical (unpaired) electrons. The molecule has 0 bridgehead atoms. The monoisotopic (exact) mass is 273 g/mol. The maximum Gasteiger partial charge on any atom is -0.0197 e. The second kappa shape index (κ2) is 12.0. The summed E-state index contributed by atoms with van der Waals surface area (Å²) in [4.78, 5) is 0. The van der Waals surface area contributed by atoms with Gasteiger partial charge in [0.25, 0.3) is 0 Å². The van der Waals surface area contributed by atoms with Gasteiger partial charge in [0.15, 0.2) is 0 Å². The predicted octanol–water partition coefficient (Wildman–Crippen LogP) is 6.74. The lowest BCUT2D eigenvalue weighted by Gasteiger charge is -2.16. The number of hydrogen-bond acceptors (Lipinski definition) is 0. The Balaban J connectivity index is 2.33. The van der Waals surface area contributed by atoms with Crippen molar-refractivity contribution in [3.05, 3.63) is 41.8 Å². The molecular weight excluding hydrogens is 240 g/mol. The maximum atomic E-state index is 2.29. The van der Waals surface area contributed by atoms with Gasteiger partial charge in [0.1, 0.15) is 0 Å². The molecule has 0 aliphatic rings. The minimum Gasteiger partial charge on any atom is -0.0654 e. The summed E-state index contributed by atoms with van der Waals surface area (Å²) in [5, 5.41) is 0. The van der Waals surface area contributed by atoms with Crippen LogP contribution in [0.25, 0.3) is 0 Å². The minimum absolute atomic E-state index is 1.21. The summed E-state index contributed by atoms with van der Waals surface area (Å²) in [7, 11) is 0. The van der Waals surface area contributed by atoms with E-state index in [1.807, 2.05) is 0 Å². The van der Waals surface area contributed by atoms with Gasteiger partial charge in [0, 0.05) is 0 Å². The Kier molecular flexibility index (Phi) is 10.4. The Hall–Kier alpha value is -0.780. The van der Waals surface area contributed by atoms with Crippen LogP contribution in [0.3, 0.4) is 0 Å². The molecule has 0 unspecified atom stereocenters. The van der Waals surface area contributed by atoms with Gasteiger partial charge >= 0.3 is 0 Å². The molecule has 0 saturated heterocycles. The molecule has 0 aliphatic heterocycles. The Morgan fingerprint density at radius 3 is 1.75 bits per heavy atom. The molecule has 0 N–H and O–H groups in total. The number of rotatable bonds is 12. The van der Waals surface area contributed by atoms with Gasteiger partial charge in [-0.15, -0.1) is 0 Å². The molecule has 0 spiro atoms. The molecule has 0 saturated carbocycles. The van der Waals surface area contributed by atoms with Gasteiger partial charge in [-0.2, -0.15) is 0 Å². The van der Waals surface area contributed by atoms with Gasteiger partial charge in [-0.05, 0) is 30.7 Å². The van der Waals surface area contributed by atoms with Gasteiger partial charge in [0.2, 0.25) is 0 Å². The highest BCUT2D eigenvalue weighted by Gasteiger charge is 2.10. The molecule has 1 aromatic carbocycles. The average Bonchev–Trinajstić information content (AvgIpc) is 2.49. The molecular formula is C20H33. The quantitative estimate of drug-likeness (QED) is 0.370. The lowest BCUT2D eigenvalue weighted by molar-refractivity contribution is 0.565. The topological polar surface area (TPSA) is 0 Å². The largest absolute Gasteiger partial charge is 0.0654 e. The Morgan fingerprint density at radius 1 is 0.700 bits per heavy atom. The van der Waals surface area contributed by atoms with E-state index >= 15 is 0 Å². The standard InChI is InChI=1S/C20H33/c1-3-5-7-10-14-19(15-11-8-6-4-2)18-20-16-12-9-13-17-20/h9,12-13,16-17H,3-8,10-11,14-15,18H2,1-2H3. The summed E-state index contributed by atoms with van der Waals surface area (Å²) in [6.45, 7) is 4.58. The molecule has 20 heavy (non-hydrogen) atoms. The van der Waals surface area contributed by atoms with Crippen LogP contribution in [0, 0.1) is 5.92 Å². The van der Waals surface area contributed by atoms with Crippen LogP contribution in [0.4, 0.5) is 0 Å². The van der Waals surface area contributed by atoms with Crippen LogP contribution >= 0.6 is 0 Å². The van der Waals surface area contributed by atoms with Gasteiger partial charge in [-0.3, -0.25) is 0 Å². The van der Waals surface area contributed by atoms with Crippen LogP contribution < -0.4 is 0 Å². The molecule has 0 atom stereocenters. The van der Waals surface area contributed by atoms with Crippen molar-refractivity contribution in [2.75, 3.05) is 0 Å². The Morgan fingerprint density at radius 2 is 1.25 bits per heavy atom. The third-order valence-electron chi connectivity index (χ3n) is 4.06. The molecule has 113 valence electrons. The molecule has 0 nitrogen and oxygen atoms in total. The van der Waals surface area contributed by atoms with Crippen LogP contribution in [0.2, 0.25) is 0 Å². The van der Waals surface area contributed by atoms with Crippen molar-refractivity contribution in [1.82, 2.24) is 0 Å². The predicted molar refractivity (Wildman–Crippen MR) is 90.9 cm³/mol. The molecule has 0 fully saturated rings. The first kappa shape index (κ1) is 17.3. The maximum absolute atomic E-state index is 2.29. The van der Waals surface area contributed by atoms with E-state index in [9.17, 15) is 0 Å². The molecule has 0 heteroatoms. The molecule has 0 amide bonds. The summed E-state index contributed by atoms with van der Waals surface area (Å²) in [6.07, 6.45) is 15.0. The third-order valence-corrected chi connectivity index (χ3v) is 4.06. The zero-order valence-corrected chi connectivity index (χ0v) is 13.7. The molecule has 1 aromatic rings. The summed E-state index contributed by atoms with van der Waals surface area (Å²) in [6, 6.07) is 11.0. The van der Waals surface area contributed by atoms with Crippen LogP contribution in [0.15, 0.2) is 30.3 Å². The molecule has 0 aromatic heterocycles. The fourth-order valence-corrected chi connectivity index (χ4v) is 2.79. The number of unbranched alkanes of at least 4 members (excludes halogenated alkanes) is 6. The normalized spacial score (nSPS) is 11.2. The first-order valence-electron chi connectivity index (χ1n) is 8.74. The van der Waals surface area contributed by atoms with E-state index in [1.54, 1.807) is 5.92 Å². The average molecular weight is 273 g/mol. The van der Waals surface area contributed by atoms with E-state index < -0.39 is 0 Å². The van der Waals surface area contributed by atoms with Gasteiger partial charge in [0.05, 0.1) is 0 Å². The smallest absolute Gasteiger partial charge is 0.0197 e.